The van der Waals surface area contributed by atoms with Crippen molar-refractivity contribution in [1.29, 1.82) is 0 Å². The second kappa shape index (κ2) is 8.75. The third-order valence-corrected chi connectivity index (χ3v) is 5.64. The summed E-state index contributed by atoms with van der Waals surface area (Å²) in [6, 6.07) is 11.1. The van der Waals surface area contributed by atoms with Crippen LogP contribution in [0.4, 0.5) is 0 Å². The van der Waals surface area contributed by atoms with Gasteiger partial charge in [-0.1, -0.05) is 43.5 Å². The van der Waals surface area contributed by atoms with Crippen molar-refractivity contribution in [2.45, 2.75) is 65.1 Å². The Bertz CT molecular complexity index is 768. The third-order valence-electron chi connectivity index (χ3n) is 5.64. The first kappa shape index (κ1) is 19.7. The molecular weight excluding hydrogens is 334 g/mol. The van der Waals surface area contributed by atoms with E-state index < -0.39 is 0 Å². The molecule has 2 aromatic rings. The highest BCUT2D eigenvalue weighted by Gasteiger charge is 2.22. The molecule has 0 atom stereocenters. The lowest BCUT2D eigenvalue weighted by atomic mass is 9.95. The minimum atomic E-state index is 0.0301. The van der Waals surface area contributed by atoms with Crippen molar-refractivity contribution >= 4 is 5.91 Å². The van der Waals surface area contributed by atoms with Gasteiger partial charge in [-0.15, -0.1) is 0 Å². The van der Waals surface area contributed by atoms with E-state index in [1.807, 2.05) is 0 Å². The molecule has 1 aromatic carbocycles. The van der Waals surface area contributed by atoms with Gasteiger partial charge in [-0.05, 0) is 58.0 Å². The summed E-state index contributed by atoms with van der Waals surface area (Å²) < 4.78 is 2.39. The molecule has 1 heterocycles. The topological polar surface area (TPSA) is 37.3 Å². The van der Waals surface area contributed by atoms with Gasteiger partial charge in [-0.3, -0.25) is 4.79 Å². The van der Waals surface area contributed by atoms with Crippen LogP contribution >= 0.6 is 0 Å². The second-order valence-corrected chi connectivity index (χ2v) is 8.18. The van der Waals surface area contributed by atoms with Crippen LogP contribution in [0.1, 0.15) is 71.0 Å². The molecule has 4 heteroatoms. The molecule has 0 spiro atoms. The molecule has 3 rings (SSSR count). The van der Waals surface area contributed by atoms with Crippen LogP contribution in [-0.4, -0.2) is 29.5 Å². The van der Waals surface area contributed by atoms with Crippen LogP contribution in [0.25, 0.3) is 0 Å². The third kappa shape index (κ3) is 4.81. The number of amides is 1. The maximum atomic E-state index is 12.8. The van der Waals surface area contributed by atoms with Crippen molar-refractivity contribution < 1.29 is 4.79 Å². The van der Waals surface area contributed by atoms with Gasteiger partial charge in [0.2, 0.25) is 0 Å². The number of carbonyl (C=O) groups is 1. The molecule has 1 N–H and O–H groups in total. The molecule has 1 amide bonds. The summed E-state index contributed by atoms with van der Waals surface area (Å²) >= 11 is 0. The van der Waals surface area contributed by atoms with Gasteiger partial charge in [-0.25, -0.2) is 0 Å². The number of carbonyl (C=O) groups excluding carboxylic acids is 1. The van der Waals surface area contributed by atoms with E-state index in [0.29, 0.717) is 12.6 Å². The lowest BCUT2D eigenvalue weighted by molar-refractivity contribution is 0.0950. The highest BCUT2D eigenvalue weighted by atomic mass is 16.1. The highest BCUT2D eigenvalue weighted by molar-refractivity contribution is 5.95. The number of nitrogens with zero attached hydrogens (tertiary/aromatic N) is 2. The molecule has 0 bridgehead atoms. The molecule has 1 fully saturated rings. The van der Waals surface area contributed by atoms with Crippen LogP contribution < -0.4 is 5.32 Å². The van der Waals surface area contributed by atoms with Crippen LogP contribution in [0.15, 0.2) is 30.3 Å². The van der Waals surface area contributed by atoms with Crippen LogP contribution in [0.3, 0.4) is 0 Å². The van der Waals surface area contributed by atoms with Crippen LogP contribution in [0, 0.1) is 13.8 Å². The quantitative estimate of drug-likeness (QED) is 0.810. The Labute approximate surface area is 163 Å². The number of aromatic nitrogens is 1. The van der Waals surface area contributed by atoms with Crippen molar-refractivity contribution in [3.05, 3.63) is 58.4 Å². The van der Waals surface area contributed by atoms with E-state index >= 15 is 0 Å². The molecule has 0 saturated heterocycles. The summed E-state index contributed by atoms with van der Waals surface area (Å²) in [6.45, 7) is 5.71. The predicted octanol–water partition coefficient (Wildman–Crippen LogP) is 4.60. The molecule has 0 aliphatic heterocycles. The number of hydrogen-bond acceptors (Lipinski definition) is 2. The summed E-state index contributed by atoms with van der Waals surface area (Å²) in [5.74, 6) is 0.0301. The Hall–Kier alpha value is -2.07. The molecule has 1 aromatic heterocycles. The molecule has 0 unspecified atom stereocenters. The number of aryl methyl sites for hydroxylation is 1. The molecule has 1 aliphatic carbocycles. The van der Waals surface area contributed by atoms with Crippen molar-refractivity contribution in [1.82, 2.24) is 14.8 Å². The van der Waals surface area contributed by atoms with Crippen molar-refractivity contribution in [3.8, 4) is 0 Å². The first-order valence-corrected chi connectivity index (χ1v) is 10.1. The van der Waals surface area contributed by atoms with E-state index in [-0.39, 0.29) is 5.91 Å². The smallest absolute Gasteiger partial charge is 0.253 e. The highest BCUT2D eigenvalue weighted by Crippen LogP contribution is 2.32. The largest absolute Gasteiger partial charge is 0.348 e. The Morgan fingerprint density at radius 2 is 1.70 bits per heavy atom. The average molecular weight is 368 g/mol. The van der Waals surface area contributed by atoms with Gasteiger partial charge in [0.25, 0.3) is 5.91 Å². The van der Waals surface area contributed by atoms with Crippen molar-refractivity contribution in [2.24, 2.45) is 0 Å². The lowest BCUT2D eigenvalue weighted by Crippen LogP contribution is -2.24. The van der Waals surface area contributed by atoms with E-state index in [9.17, 15) is 4.79 Å². The van der Waals surface area contributed by atoms with Gasteiger partial charge in [-0.2, -0.15) is 0 Å². The first-order chi connectivity index (χ1) is 13.0. The molecule has 1 saturated carbocycles. The van der Waals surface area contributed by atoms with Crippen molar-refractivity contribution in [3.63, 3.8) is 0 Å². The fourth-order valence-corrected chi connectivity index (χ4v) is 4.31. The van der Waals surface area contributed by atoms with Crippen LogP contribution in [0.5, 0.6) is 0 Å². The SMILES string of the molecule is Cc1cc(C(=O)NCc2ccc(CN(C)C)cc2)c(C)n1C1CCCCC1. The van der Waals surface area contributed by atoms with Crippen molar-refractivity contribution in [2.75, 3.05) is 14.1 Å². The number of rotatable bonds is 6. The number of hydrogen-bond donors (Lipinski definition) is 1. The normalized spacial score (nSPS) is 15.3. The summed E-state index contributed by atoms with van der Waals surface area (Å²) in [7, 11) is 4.13. The van der Waals surface area contributed by atoms with Gasteiger partial charge >= 0.3 is 0 Å². The Balaban J connectivity index is 1.64. The van der Waals surface area contributed by atoms with E-state index in [2.05, 4.69) is 73.1 Å². The first-order valence-electron chi connectivity index (χ1n) is 10.1. The standard InChI is InChI=1S/C23H33N3O/c1-17-14-22(18(2)26(17)21-8-6-5-7-9-21)23(27)24-15-19-10-12-20(13-11-19)16-25(3)4/h10-14,21H,5-9,15-16H2,1-4H3,(H,24,27). The summed E-state index contributed by atoms with van der Waals surface area (Å²) in [5, 5.41) is 3.10. The molecule has 27 heavy (non-hydrogen) atoms. The Morgan fingerprint density at radius 1 is 1.07 bits per heavy atom. The van der Waals surface area contributed by atoms with E-state index in [0.717, 1.165) is 23.4 Å². The van der Waals surface area contributed by atoms with E-state index in [1.165, 1.54) is 43.4 Å². The maximum absolute atomic E-state index is 12.8. The minimum absolute atomic E-state index is 0.0301. The summed E-state index contributed by atoms with van der Waals surface area (Å²) in [4.78, 5) is 14.9. The number of benzene rings is 1. The molecule has 1 aliphatic rings. The fraction of sp³-hybridized carbons (Fsp3) is 0.522. The summed E-state index contributed by atoms with van der Waals surface area (Å²) in [6.07, 6.45) is 6.41. The van der Waals surface area contributed by atoms with Gasteiger partial charge in [0.05, 0.1) is 5.56 Å². The molecule has 0 radical (unpaired) electrons. The van der Waals surface area contributed by atoms with Gasteiger partial charge in [0.1, 0.15) is 0 Å². The monoisotopic (exact) mass is 367 g/mol. The van der Waals surface area contributed by atoms with Crippen LogP contribution in [0.2, 0.25) is 0 Å². The molecular formula is C23H33N3O. The lowest BCUT2D eigenvalue weighted by Gasteiger charge is -2.26. The molecule has 4 nitrogen and oxygen atoms in total. The van der Waals surface area contributed by atoms with E-state index in [1.54, 1.807) is 0 Å². The van der Waals surface area contributed by atoms with Crippen LogP contribution in [-0.2, 0) is 13.1 Å². The zero-order chi connectivity index (χ0) is 19.4. The van der Waals surface area contributed by atoms with Gasteiger partial charge in [0, 0.05) is 30.5 Å². The summed E-state index contributed by atoms with van der Waals surface area (Å²) in [5.41, 5.74) is 5.55. The Morgan fingerprint density at radius 3 is 2.33 bits per heavy atom. The fourth-order valence-electron chi connectivity index (χ4n) is 4.31. The maximum Gasteiger partial charge on any atom is 0.253 e. The predicted molar refractivity (Wildman–Crippen MR) is 111 cm³/mol. The zero-order valence-electron chi connectivity index (χ0n) is 17.2. The van der Waals surface area contributed by atoms with Gasteiger partial charge in [0.15, 0.2) is 0 Å². The van der Waals surface area contributed by atoms with E-state index in [4.69, 9.17) is 0 Å². The second-order valence-electron chi connectivity index (χ2n) is 8.18. The zero-order valence-corrected chi connectivity index (χ0v) is 17.2. The van der Waals surface area contributed by atoms with Gasteiger partial charge < -0.3 is 14.8 Å². The number of nitrogens with one attached hydrogen (secondary N) is 1. The average Bonchev–Trinajstić information content (AvgIpc) is 2.95. The molecule has 146 valence electrons. The Kier molecular flexibility index (Phi) is 6.38. The minimum Gasteiger partial charge on any atom is -0.348 e.